The number of nitrogens with one attached hydrogen (secondary N) is 1. The first kappa shape index (κ1) is 29.6. The Balaban J connectivity index is 0.00000323. The second-order valence-corrected chi connectivity index (χ2v) is 10.7. The molecule has 40 heavy (non-hydrogen) atoms. The van der Waals surface area contributed by atoms with Crippen LogP contribution in [-0.2, 0) is 24.7 Å². The Morgan fingerprint density at radius 3 is 2.30 bits per heavy atom. The molecule has 1 saturated heterocycles. The molecule has 11 heteroatoms. The number of furan rings is 1. The number of halogens is 2. The molecule has 2 aromatic carbocycles. The van der Waals surface area contributed by atoms with Crippen LogP contribution in [0.25, 0.3) is 27.6 Å². The molecular weight excluding hydrogens is 547 g/mol. The number of hydrogen-bond donors (Lipinski definition) is 1. The van der Waals surface area contributed by atoms with Gasteiger partial charge in [-0.25, -0.2) is 0 Å². The molecule has 1 N–H and O–H groups in total. The summed E-state index contributed by atoms with van der Waals surface area (Å²) in [6, 6.07) is 16.9. The molecule has 0 spiro atoms. The third-order valence-electron chi connectivity index (χ3n) is 7.94. The molecule has 0 atom stereocenters. The summed E-state index contributed by atoms with van der Waals surface area (Å²) in [7, 11) is 0. The van der Waals surface area contributed by atoms with E-state index < -0.39 is 23.4 Å². The van der Waals surface area contributed by atoms with E-state index in [0.29, 0.717) is 36.8 Å². The van der Waals surface area contributed by atoms with Crippen LogP contribution >= 0.6 is 0 Å². The zero-order chi connectivity index (χ0) is 27.1. The molecule has 8 nitrogen and oxygen atoms in total. The largest absolute Gasteiger partial charge is 1.00 e. The van der Waals surface area contributed by atoms with Gasteiger partial charge in [-0.1, -0.05) is 55.7 Å². The summed E-state index contributed by atoms with van der Waals surface area (Å²) in [6.07, 6.45) is 5.05. The van der Waals surface area contributed by atoms with Crippen molar-refractivity contribution in [2.45, 2.75) is 68.3 Å². The fourth-order valence-corrected chi connectivity index (χ4v) is 5.30. The van der Waals surface area contributed by atoms with Crippen LogP contribution in [0.4, 0.5) is 14.7 Å². The van der Waals surface area contributed by atoms with Gasteiger partial charge in [-0.2, -0.15) is 14.0 Å². The number of hydrogen-bond acceptors (Lipinski definition) is 6. The first-order valence-electron chi connectivity index (χ1n) is 13.2. The van der Waals surface area contributed by atoms with Crippen molar-refractivity contribution < 1.29 is 83.7 Å². The molecule has 0 radical (unpaired) electrons. The Kier molecular flexibility index (Phi) is 8.72. The molecule has 2 heterocycles. The number of alkyl halides is 2. The van der Waals surface area contributed by atoms with Gasteiger partial charge in [0.1, 0.15) is 22.3 Å². The molecule has 3 aliphatic rings. The van der Waals surface area contributed by atoms with Gasteiger partial charge in [0.25, 0.3) is 5.91 Å². The summed E-state index contributed by atoms with van der Waals surface area (Å²) in [5, 5.41) is 13.1. The summed E-state index contributed by atoms with van der Waals surface area (Å²) < 4.78 is 41.7. The number of ether oxygens (including phenoxy) is 2. The molecule has 3 fully saturated rings. The third kappa shape index (κ3) is 5.87. The Hall–Kier alpha value is -1.88. The van der Waals surface area contributed by atoms with E-state index in [0.717, 1.165) is 35.8 Å². The zero-order valence-electron chi connectivity index (χ0n) is 22.3. The van der Waals surface area contributed by atoms with Crippen LogP contribution in [0.1, 0.15) is 50.5 Å². The number of amides is 1. The number of nitriles is 1. The van der Waals surface area contributed by atoms with Crippen LogP contribution in [0.15, 0.2) is 52.9 Å². The maximum atomic E-state index is 13.2. The van der Waals surface area contributed by atoms with Crippen LogP contribution in [0, 0.1) is 11.3 Å². The van der Waals surface area contributed by atoms with E-state index in [4.69, 9.17) is 18.7 Å². The number of nitrogens with zero attached hydrogens (tertiary/aromatic N) is 2. The van der Waals surface area contributed by atoms with E-state index in [2.05, 4.69) is 16.9 Å². The molecule has 6 rings (SSSR count). The Morgan fingerprint density at radius 2 is 1.70 bits per heavy atom. The summed E-state index contributed by atoms with van der Waals surface area (Å²) >= 11 is 0. The van der Waals surface area contributed by atoms with Gasteiger partial charge in [0.15, 0.2) is 0 Å². The fourth-order valence-electron chi connectivity index (χ4n) is 5.30. The molecule has 0 bridgehead atoms. The van der Waals surface area contributed by atoms with Crippen molar-refractivity contribution in [2.24, 2.45) is 0 Å². The minimum atomic E-state index is -2.88. The van der Waals surface area contributed by atoms with E-state index in [9.17, 15) is 18.8 Å². The monoisotopic (exact) mass is 575 g/mol. The predicted molar refractivity (Wildman–Crippen MR) is 137 cm³/mol. The zero-order valence-corrected chi connectivity index (χ0v) is 25.4. The Bertz CT molecular complexity index is 1410. The van der Waals surface area contributed by atoms with E-state index in [1.54, 1.807) is 18.2 Å². The van der Waals surface area contributed by atoms with Crippen LogP contribution in [0.5, 0.6) is 0 Å². The summed E-state index contributed by atoms with van der Waals surface area (Å²) in [5.74, 6) is -0.0474. The maximum Gasteiger partial charge on any atom is 1.00 e. The molecule has 1 amide bonds. The average molecular weight is 576 g/mol. The molecule has 2 saturated carbocycles. The maximum absolute atomic E-state index is 13.2. The van der Waals surface area contributed by atoms with Crippen molar-refractivity contribution >= 4 is 22.8 Å². The first-order chi connectivity index (χ1) is 18.8. The number of fused-ring (bicyclic) bond motifs is 1. The summed E-state index contributed by atoms with van der Waals surface area (Å²) in [5.41, 5.74) is 4.19. The molecule has 204 valence electrons. The molecular formula is C29H28F2KN3O5. The van der Waals surface area contributed by atoms with Crippen molar-refractivity contribution in [1.82, 2.24) is 5.32 Å². The van der Waals surface area contributed by atoms with Gasteiger partial charge in [0.2, 0.25) is 0 Å². The second-order valence-electron chi connectivity index (χ2n) is 10.7. The minimum Gasteiger partial charge on any atom is -0.530 e. The number of carbonyl (C=O) groups excluding carboxylic acids is 1. The quantitative estimate of drug-likeness (QED) is 0.310. The van der Waals surface area contributed by atoms with Crippen molar-refractivity contribution in [3.63, 3.8) is 0 Å². The molecule has 0 unspecified atom stereocenters. The average Bonchev–Trinajstić information content (AvgIpc) is 3.58. The van der Waals surface area contributed by atoms with Crippen molar-refractivity contribution in [2.75, 3.05) is 13.2 Å². The second kappa shape index (κ2) is 11.8. The van der Waals surface area contributed by atoms with E-state index in [1.165, 1.54) is 0 Å². The van der Waals surface area contributed by atoms with Crippen LogP contribution in [-0.4, -0.2) is 36.9 Å². The van der Waals surface area contributed by atoms with Crippen LogP contribution in [0.3, 0.4) is 0 Å². The number of rotatable bonds is 9. The van der Waals surface area contributed by atoms with Crippen LogP contribution < -0.4 is 56.7 Å². The summed E-state index contributed by atoms with van der Waals surface area (Å²) in [4.78, 5) is 19.1. The van der Waals surface area contributed by atoms with Gasteiger partial charge in [-0.05, 0) is 54.5 Å². The van der Waals surface area contributed by atoms with Crippen molar-refractivity contribution in [3.8, 4) is 17.2 Å². The van der Waals surface area contributed by atoms with E-state index >= 15 is 0 Å². The van der Waals surface area contributed by atoms with Gasteiger partial charge < -0.3 is 29.5 Å². The standard InChI is InChI=1S/C29H28F2N3O5.K/c30-26(31)38-29(17-36-18-29)22-8-6-19(7-9-22)20-4-5-21-15-24(37-23(21)14-20)34-39-28(10-2-1-3-11-28)25(35)33-27(16-32)12-13-27;/h4-9,14-15,26H,1-3,10-13,17-18H2,(H,33,35);/q-1;+1. The normalized spacial score (nSPS) is 20.1. The van der Waals surface area contributed by atoms with Gasteiger partial charge in [-0.15, -0.1) is 0 Å². The summed E-state index contributed by atoms with van der Waals surface area (Å²) in [6.45, 7) is -2.70. The Labute approximate surface area is 273 Å². The number of benzene rings is 2. The van der Waals surface area contributed by atoms with E-state index in [-0.39, 0.29) is 76.4 Å². The van der Waals surface area contributed by atoms with Crippen LogP contribution in [0.2, 0.25) is 0 Å². The Morgan fingerprint density at radius 1 is 1.00 bits per heavy atom. The topological polar surface area (TPSA) is 108 Å². The first-order valence-corrected chi connectivity index (χ1v) is 13.2. The molecule has 1 aromatic heterocycles. The van der Waals surface area contributed by atoms with Gasteiger partial charge >= 0.3 is 58.0 Å². The third-order valence-corrected chi connectivity index (χ3v) is 7.94. The predicted octanol–water partition coefficient (Wildman–Crippen LogP) is 3.38. The molecule has 3 aromatic rings. The molecule has 2 aliphatic carbocycles. The van der Waals surface area contributed by atoms with Gasteiger partial charge in [0.05, 0.1) is 19.3 Å². The SMILES string of the molecule is N#CC1(NC(=O)C2(O[N-]c3cc4ccc(-c5ccc(C6(OC(F)F)COC6)cc5)cc4o3)CCCCC2)CC1.[K+]. The number of carbonyl (C=O) groups is 1. The smallest absolute Gasteiger partial charge is 0.530 e. The fraction of sp³-hybridized carbons (Fsp3) is 0.448. The minimum absolute atomic E-state index is 0. The van der Waals surface area contributed by atoms with Gasteiger partial charge in [-0.3, -0.25) is 4.79 Å². The van der Waals surface area contributed by atoms with Crippen molar-refractivity contribution in [1.29, 1.82) is 5.26 Å². The van der Waals surface area contributed by atoms with Crippen molar-refractivity contribution in [3.05, 3.63) is 59.6 Å². The van der Waals surface area contributed by atoms with E-state index in [1.807, 2.05) is 30.3 Å². The van der Waals surface area contributed by atoms with Gasteiger partial charge in [0, 0.05) is 11.3 Å². The molecule has 1 aliphatic heterocycles.